The third kappa shape index (κ3) is 5.21. The minimum atomic E-state index is -3.63. The summed E-state index contributed by atoms with van der Waals surface area (Å²) in [5.41, 5.74) is 4.72. The molecule has 0 aliphatic heterocycles. The van der Waals surface area contributed by atoms with Crippen molar-refractivity contribution in [1.29, 1.82) is 0 Å². The Balaban J connectivity index is 1.95. The van der Waals surface area contributed by atoms with Crippen molar-refractivity contribution in [2.24, 2.45) is 11.3 Å². The van der Waals surface area contributed by atoms with Crippen LogP contribution in [0.2, 0.25) is 0 Å². The van der Waals surface area contributed by atoms with Crippen molar-refractivity contribution in [2.45, 2.75) is 72.3 Å². The van der Waals surface area contributed by atoms with E-state index in [1.165, 1.54) is 6.07 Å². The lowest BCUT2D eigenvalue weighted by molar-refractivity contribution is -0.116. The normalized spacial score (nSPS) is 17.5. The van der Waals surface area contributed by atoms with Crippen molar-refractivity contribution in [1.82, 2.24) is 4.98 Å². The number of nitrogens with zero attached hydrogens (tertiary/aromatic N) is 1. The third-order valence-electron chi connectivity index (χ3n) is 6.77. The van der Waals surface area contributed by atoms with Gasteiger partial charge in [0.05, 0.1) is 11.3 Å². The van der Waals surface area contributed by atoms with Gasteiger partial charge >= 0.3 is 0 Å². The zero-order valence-electron chi connectivity index (χ0n) is 20.5. The molecular formula is C27H35NO4S. The van der Waals surface area contributed by atoms with Crippen molar-refractivity contribution in [3.63, 3.8) is 0 Å². The molecule has 1 unspecified atom stereocenters. The molecule has 1 aromatic heterocycles. The Morgan fingerprint density at radius 1 is 1.03 bits per heavy atom. The van der Waals surface area contributed by atoms with Crippen molar-refractivity contribution in [3.05, 3.63) is 64.0 Å². The lowest BCUT2D eigenvalue weighted by Gasteiger charge is -2.37. The molecule has 0 amide bonds. The molecule has 3 rings (SSSR count). The summed E-state index contributed by atoms with van der Waals surface area (Å²) in [6, 6.07) is 7.42. The maximum atomic E-state index is 13.4. The number of carbonyl (C=O) groups is 1. The number of carbonyl (C=O) groups excluding carboxylic acids is 1. The van der Waals surface area contributed by atoms with Gasteiger partial charge in [0.15, 0.2) is 20.6 Å². The number of Topliss-reactive ketones (excluding diaryl/α,β-unsaturated/α-hetero) is 1. The number of hydrogen-bond acceptors (Lipinski definition) is 5. The predicted molar refractivity (Wildman–Crippen MR) is 132 cm³/mol. The summed E-state index contributed by atoms with van der Waals surface area (Å²) in [5, 5.41) is 11.1. The second-order valence-corrected chi connectivity index (χ2v) is 11.9. The van der Waals surface area contributed by atoms with E-state index in [1.807, 2.05) is 27.7 Å². The molecule has 0 fully saturated rings. The van der Waals surface area contributed by atoms with Gasteiger partial charge in [-0.05, 0) is 66.3 Å². The van der Waals surface area contributed by atoms with Crippen LogP contribution in [0.4, 0.5) is 0 Å². The first kappa shape index (κ1) is 25.2. The van der Waals surface area contributed by atoms with Gasteiger partial charge in [-0.1, -0.05) is 51.5 Å². The van der Waals surface area contributed by atoms with Gasteiger partial charge in [0.2, 0.25) is 0 Å². The van der Waals surface area contributed by atoms with E-state index in [0.717, 1.165) is 40.7 Å². The van der Waals surface area contributed by atoms with Crippen LogP contribution in [-0.4, -0.2) is 30.0 Å². The van der Waals surface area contributed by atoms with Gasteiger partial charge < -0.3 is 5.11 Å². The summed E-state index contributed by atoms with van der Waals surface area (Å²) in [4.78, 5) is 17.5. The number of benzene rings is 1. The number of allylic oxidation sites excluding steroid dienone is 2. The molecule has 0 spiro atoms. The zero-order valence-corrected chi connectivity index (χ0v) is 21.3. The summed E-state index contributed by atoms with van der Waals surface area (Å²) in [5.74, 6) is -0.462. The van der Waals surface area contributed by atoms with Gasteiger partial charge in [0, 0.05) is 19.0 Å². The quantitative estimate of drug-likeness (QED) is 0.573. The Labute approximate surface area is 197 Å². The van der Waals surface area contributed by atoms with Crippen LogP contribution in [0.3, 0.4) is 0 Å². The summed E-state index contributed by atoms with van der Waals surface area (Å²) < 4.78 is 26.1. The molecule has 1 aliphatic carbocycles. The molecule has 33 heavy (non-hydrogen) atoms. The number of rotatable bonds is 7. The minimum Gasteiger partial charge on any atom is -0.512 e. The largest absolute Gasteiger partial charge is 0.512 e. The van der Waals surface area contributed by atoms with Crippen LogP contribution in [0.25, 0.3) is 5.57 Å². The smallest absolute Gasteiger partial charge is 0.196 e. The molecule has 0 saturated carbocycles. The molecule has 1 heterocycles. The van der Waals surface area contributed by atoms with Gasteiger partial charge in [-0.25, -0.2) is 13.4 Å². The molecule has 0 saturated heterocycles. The first-order valence-electron chi connectivity index (χ1n) is 11.6. The number of aliphatic hydroxyl groups is 1. The first-order chi connectivity index (χ1) is 15.4. The van der Waals surface area contributed by atoms with E-state index in [4.69, 9.17) is 0 Å². The molecule has 2 aromatic rings. The highest BCUT2D eigenvalue weighted by Crippen LogP contribution is 2.43. The second kappa shape index (κ2) is 9.41. The SMILES string of the molecule is CCc1cc(C)cc(CC)c1C1=C(O)CC(C(C)(C)CS(=O)(=O)c2ccc(C)cn2)CC1=O. The maximum Gasteiger partial charge on any atom is 0.196 e. The second-order valence-electron chi connectivity index (χ2n) is 9.94. The topological polar surface area (TPSA) is 84.3 Å². The van der Waals surface area contributed by atoms with E-state index in [2.05, 4.69) is 31.0 Å². The van der Waals surface area contributed by atoms with E-state index >= 15 is 0 Å². The molecule has 0 bridgehead atoms. The number of ketones is 1. The fourth-order valence-corrected chi connectivity index (χ4v) is 6.72. The molecule has 0 radical (unpaired) electrons. The highest BCUT2D eigenvalue weighted by molar-refractivity contribution is 7.91. The molecular weight excluding hydrogens is 434 g/mol. The van der Waals surface area contributed by atoms with Gasteiger partial charge in [-0.2, -0.15) is 0 Å². The van der Waals surface area contributed by atoms with Gasteiger partial charge in [0.25, 0.3) is 0 Å². The number of aryl methyl sites for hydroxylation is 4. The third-order valence-corrected chi connectivity index (χ3v) is 8.77. The van der Waals surface area contributed by atoms with Crippen LogP contribution >= 0.6 is 0 Å². The van der Waals surface area contributed by atoms with Crippen molar-refractivity contribution in [2.75, 3.05) is 5.75 Å². The highest BCUT2D eigenvalue weighted by atomic mass is 32.2. The average Bonchev–Trinajstić information content (AvgIpc) is 2.73. The summed E-state index contributed by atoms with van der Waals surface area (Å²) >= 11 is 0. The van der Waals surface area contributed by atoms with Gasteiger partial charge in [0.1, 0.15) is 5.76 Å². The van der Waals surface area contributed by atoms with Gasteiger partial charge in [-0.3, -0.25) is 4.79 Å². The minimum absolute atomic E-state index is 0.0450. The summed E-state index contributed by atoms with van der Waals surface area (Å²) in [6.07, 6.45) is 3.58. The molecule has 1 atom stereocenters. The van der Waals surface area contributed by atoms with E-state index in [1.54, 1.807) is 12.3 Å². The number of pyridine rings is 1. The Kier molecular flexibility index (Phi) is 7.18. The molecule has 1 N–H and O–H groups in total. The standard InChI is InChI=1S/C27H35NO4S/c1-7-19-11-18(4)12-20(8-2)25(19)26-22(29)13-21(14-23(26)30)27(5,6)16-33(31,32)24-10-9-17(3)15-28-24/h9-12,15,21,29H,7-8,13-14,16H2,1-6H3. The van der Waals surface area contributed by atoms with Crippen LogP contribution in [0.15, 0.2) is 41.2 Å². The van der Waals surface area contributed by atoms with E-state index in [-0.39, 0.29) is 41.1 Å². The lowest BCUT2D eigenvalue weighted by Crippen LogP contribution is -2.36. The molecule has 1 aromatic carbocycles. The Hall–Kier alpha value is -2.47. The van der Waals surface area contributed by atoms with E-state index in [9.17, 15) is 18.3 Å². The van der Waals surface area contributed by atoms with Crippen LogP contribution < -0.4 is 0 Å². The fourth-order valence-electron chi connectivity index (χ4n) is 4.87. The highest BCUT2D eigenvalue weighted by Gasteiger charge is 2.41. The van der Waals surface area contributed by atoms with Crippen molar-refractivity contribution < 1.29 is 18.3 Å². The van der Waals surface area contributed by atoms with Gasteiger partial charge in [-0.15, -0.1) is 0 Å². The van der Waals surface area contributed by atoms with Crippen LogP contribution in [0.1, 0.15) is 68.4 Å². The Morgan fingerprint density at radius 2 is 1.64 bits per heavy atom. The van der Waals surface area contributed by atoms with Crippen LogP contribution in [0.5, 0.6) is 0 Å². The molecule has 5 nitrogen and oxygen atoms in total. The van der Waals surface area contributed by atoms with E-state index in [0.29, 0.717) is 5.57 Å². The lowest BCUT2D eigenvalue weighted by atomic mass is 9.70. The monoisotopic (exact) mass is 469 g/mol. The summed E-state index contributed by atoms with van der Waals surface area (Å²) in [6.45, 7) is 11.7. The molecule has 6 heteroatoms. The first-order valence-corrected chi connectivity index (χ1v) is 13.3. The number of aromatic nitrogens is 1. The van der Waals surface area contributed by atoms with Crippen LogP contribution in [0, 0.1) is 25.2 Å². The molecule has 178 valence electrons. The predicted octanol–water partition coefficient (Wildman–Crippen LogP) is 5.57. The Morgan fingerprint density at radius 3 is 2.12 bits per heavy atom. The number of sulfone groups is 1. The molecule has 1 aliphatic rings. The number of aliphatic hydroxyl groups excluding tert-OH is 1. The Bertz CT molecular complexity index is 1170. The van der Waals surface area contributed by atoms with Crippen LogP contribution in [-0.2, 0) is 27.5 Å². The maximum absolute atomic E-state index is 13.4. The van der Waals surface area contributed by atoms with Crippen molar-refractivity contribution in [3.8, 4) is 0 Å². The number of hydrogen-bond donors (Lipinski definition) is 1. The average molecular weight is 470 g/mol. The van der Waals surface area contributed by atoms with Crippen molar-refractivity contribution >= 4 is 21.2 Å². The summed E-state index contributed by atoms with van der Waals surface area (Å²) in [7, 11) is -3.63. The zero-order chi connectivity index (χ0) is 24.6. The van der Waals surface area contributed by atoms with E-state index < -0.39 is 15.3 Å². The fraction of sp³-hybridized carbons (Fsp3) is 0.481.